The minimum absolute atomic E-state index is 0.686. The minimum atomic E-state index is 0.686. The third-order valence-electron chi connectivity index (χ3n) is 9.37. The Morgan fingerprint density at radius 3 is 2.40 bits per heavy atom. The molecule has 246 valence electrons. The molecule has 0 unspecified atom stereocenters. The maximum atomic E-state index is 8.15. The van der Waals surface area contributed by atoms with Gasteiger partial charge in [0.05, 0.1) is 0 Å². The number of allylic oxidation sites excluding steroid dienone is 7. The monoisotopic (exact) mass is 645 g/mol. The van der Waals surface area contributed by atoms with Gasteiger partial charge in [-0.05, 0) is 123 Å². The Morgan fingerprint density at radius 2 is 1.72 bits per heavy atom. The van der Waals surface area contributed by atoms with Crippen LogP contribution in [0.5, 0.6) is 0 Å². The third kappa shape index (κ3) is 8.39. The molecule has 1 N–H and O–H groups in total. The molecule has 47 heavy (non-hydrogen) atoms. The predicted octanol–water partition coefficient (Wildman–Crippen LogP) is 11.8. The molecule has 1 fully saturated rings. The molecule has 3 nitrogen and oxygen atoms in total. The number of pyridine rings is 1. The highest BCUT2D eigenvalue weighted by Gasteiger charge is 2.24. The summed E-state index contributed by atoms with van der Waals surface area (Å²) in [6.45, 7) is 22.2. The average Bonchev–Trinajstić information content (AvgIpc) is 3.24. The molecular weight excluding hydrogens is 594 g/mol. The Kier molecular flexibility index (Phi) is 13.3. The summed E-state index contributed by atoms with van der Waals surface area (Å²) in [6.07, 6.45) is 15.4. The van der Waals surface area contributed by atoms with Crippen LogP contribution in [0.3, 0.4) is 0 Å². The number of likely N-dealkylation sites (tertiary alicyclic amines) is 1. The van der Waals surface area contributed by atoms with Gasteiger partial charge < -0.3 is 10.3 Å². The molecule has 0 spiro atoms. The zero-order valence-corrected chi connectivity index (χ0v) is 29.9. The van der Waals surface area contributed by atoms with Crippen LogP contribution in [0.4, 0.5) is 0 Å². The van der Waals surface area contributed by atoms with Gasteiger partial charge in [0.2, 0.25) is 0 Å². The third-order valence-corrected chi connectivity index (χ3v) is 9.61. The van der Waals surface area contributed by atoms with Gasteiger partial charge in [-0.3, -0.25) is 4.98 Å². The summed E-state index contributed by atoms with van der Waals surface area (Å²) in [5, 5.41) is 8.83. The first-order valence-corrected chi connectivity index (χ1v) is 17.7. The van der Waals surface area contributed by atoms with E-state index in [1.165, 1.54) is 34.1 Å². The van der Waals surface area contributed by atoms with E-state index in [1.807, 2.05) is 39.0 Å². The first-order chi connectivity index (χ1) is 22.9. The van der Waals surface area contributed by atoms with Crippen LogP contribution in [-0.2, 0) is 6.42 Å². The minimum Gasteiger partial charge on any atom is -0.308 e. The van der Waals surface area contributed by atoms with Gasteiger partial charge in [-0.15, -0.1) is 0 Å². The Labute approximate surface area is 289 Å². The summed E-state index contributed by atoms with van der Waals surface area (Å²) in [4.78, 5) is 7.42. The van der Waals surface area contributed by atoms with E-state index in [0.717, 1.165) is 104 Å². The van der Waals surface area contributed by atoms with Gasteiger partial charge in [-0.2, -0.15) is 0 Å². The molecule has 0 atom stereocenters. The van der Waals surface area contributed by atoms with Crippen LogP contribution in [0, 0.1) is 19.3 Å². The second-order valence-corrected chi connectivity index (χ2v) is 12.7. The Balaban J connectivity index is 0.00000245. The molecule has 2 aliphatic rings. The number of nitrogens with zero attached hydrogens (tertiary/aromatic N) is 2. The van der Waals surface area contributed by atoms with Crippen molar-refractivity contribution >= 4 is 29.0 Å². The van der Waals surface area contributed by atoms with E-state index < -0.39 is 0 Å². The largest absolute Gasteiger partial charge is 0.308 e. The maximum Gasteiger partial charge on any atom is 0.0470 e. The first kappa shape index (κ1) is 36.1. The van der Waals surface area contributed by atoms with Gasteiger partial charge in [0.15, 0.2) is 0 Å². The van der Waals surface area contributed by atoms with Gasteiger partial charge in [0.1, 0.15) is 0 Å². The Hall–Kier alpha value is -3.79. The molecule has 0 amide bonds. The lowest BCUT2D eigenvalue weighted by Crippen LogP contribution is -2.32. The smallest absolute Gasteiger partial charge is 0.0470 e. The van der Waals surface area contributed by atoms with Gasteiger partial charge in [-0.25, -0.2) is 0 Å². The van der Waals surface area contributed by atoms with Crippen LogP contribution in [0.2, 0.25) is 5.02 Å². The lowest BCUT2D eigenvalue weighted by molar-refractivity contribution is 0.252. The SMILES string of the molecule is C=CC1=C(/C=C\C)CCc2ccccc2C1=C1CCN(CCCCC(=C)c2c(C)nc(C)c(C=N)c2-c2cccc(Cl)c2)CC1.CC. The molecule has 1 aliphatic heterocycles. The van der Waals surface area contributed by atoms with Gasteiger partial charge in [0.25, 0.3) is 0 Å². The standard InChI is InChI=1S/C41H46ClN3.C2H6/c1-6-13-31-19-20-32-15-8-9-18-37(32)40(36(31)7-2)33-21-24-45(25-22-33)23-11-10-14-28(3)39-30(5)44-29(4)38(27-43)41(39)34-16-12-17-35(42)26-34;1-2/h6-9,12-13,15-18,26-27,43H,2-3,10-11,14,19-25H2,1,4-5H3;1-2H3/b13-6-,43-27?;. The Morgan fingerprint density at radius 1 is 0.979 bits per heavy atom. The van der Waals surface area contributed by atoms with Crippen molar-refractivity contribution in [3.8, 4) is 11.1 Å². The lowest BCUT2D eigenvalue weighted by Gasteiger charge is -2.30. The number of nitrogens with one attached hydrogen (secondary N) is 1. The molecular formula is C43H52ClN3. The molecule has 2 aromatic carbocycles. The fourth-order valence-electron chi connectivity index (χ4n) is 7.19. The van der Waals surface area contributed by atoms with E-state index in [1.54, 1.807) is 5.57 Å². The van der Waals surface area contributed by atoms with Crippen molar-refractivity contribution < 1.29 is 0 Å². The number of hydrogen-bond acceptors (Lipinski definition) is 3. The van der Waals surface area contributed by atoms with E-state index in [4.69, 9.17) is 22.0 Å². The highest BCUT2D eigenvalue weighted by molar-refractivity contribution is 6.30. The molecule has 3 aromatic rings. The fourth-order valence-corrected chi connectivity index (χ4v) is 7.38. The van der Waals surface area contributed by atoms with Crippen LogP contribution in [0.1, 0.15) is 92.9 Å². The summed E-state index contributed by atoms with van der Waals surface area (Å²) in [5.74, 6) is 0. The quantitative estimate of drug-likeness (QED) is 0.176. The van der Waals surface area contributed by atoms with Crippen molar-refractivity contribution in [2.75, 3.05) is 19.6 Å². The van der Waals surface area contributed by atoms with E-state index >= 15 is 0 Å². The molecule has 1 aromatic heterocycles. The van der Waals surface area contributed by atoms with Crippen molar-refractivity contribution in [2.45, 2.75) is 79.6 Å². The number of unbranched alkanes of at least 4 members (excludes halogenated alkanes) is 1. The molecule has 0 radical (unpaired) electrons. The number of aromatic nitrogens is 1. The van der Waals surface area contributed by atoms with Crippen molar-refractivity contribution in [1.29, 1.82) is 5.41 Å². The van der Waals surface area contributed by atoms with Crippen LogP contribution < -0.4 is 0 Å². The second kappa shape index (κ2) is 17.4. The molecule has 2 heterocycles. The van der Waals surface area contributed by atoms with Gasteiger partial charge in [-0.1, -0.05) is 98.8 Å². The average molecular weight is 646 g/mol. The van der Waals surface area contributed by atoms with Crippen molar-refractivity contribution in [3.63, 3.8) is 0 Å². The molecule has 5 rings (SSSR count). The highest BCUT2D eigenvalue weighted by Crippen LogP contribution is 2.40. The van der Waals surface area contributed by atoms with Crippen molar-refractivity contribution in [3.05, 3.63) is 135 Å². The summed E-state index contributed by atoms with van der Waals surface area (Å²) in [7, 11) is 0. The summed E-state index contributed by atoms with van der Waals surface area (Å²) >= 11 is 6.38. The summed E-state index contributed by atoms with van der Waals surface area (Å²) in [5.41, 5.74) is 15.4. The number of piperidine rings is 1. The van der Waals surface area contributed by atoms with E-state index in [2.05, 4.69) is 80.5 Å². The van der Waals surface area contributed by atoms with Crippen molar-refractivity contribution in [1.82, 2.24) is 9.88 Å². The van der Waals surface area contributed by atoms with Crippen LogP contribution >= 0.6 is 11.6 Å². The normalized spacial score (nSPS) is 15.2. The van der Waals surface area contributed by atoms with E-state index in [0.29, 0.717) is 5.02 Å². The maximum absolute atomic E-state index is 8.15. The zero-order valence-electron chi connectivity index (χ0n) is 29.2. The number of fused-ring (bicyclic) bond motifs is 1. The lowest BCUT2D eigenvalue weighted by atomic mass is 9.85. The van der Waals surface area contributed by atoms with E-state index in [9.17, 15) is 0 Å². The zero-order chi connectivity index (χ0) is 33.9. The van der Waals surface area contributed by atoms with Crippen LogP contribution in [0.15, 0.2) is 96.6 Å². The number of hydrogen-bond donors (Lipinski definition) is 1. The topological polar surface area (TPSA) is 40.0 Å². The molecule has 4 heteroatoms. The molecule has 0 bridgehead atoms. The van der Waals surface area contributed by atoms with Crippen LogP contribution in [-0.4, -0.2) is 35.7 Å². The van der Waals surface area contributed by atoms with E-state index in [-0.39, 0.29) is 0 Å². The van der Waals surface area contributed by atoms with Gasteiger partial charge >= 0.3 is 0 Å². The molecule has 0 saturated carbocycles. The summed E-state index contributed by atoms with van der Waals surface area (Å²) in [6, 6.07) is 16.9. The van der Waals surface area contributed by atoms with Crippen LogP contribution in [0.25, 0.3) is 22.3 Å². The fraction of sp³-hybridized carbons (Fsp3) is 0.349. The summed E-state index contributed by atoms with van der Waals surface area (Å²) < 4.78 is 0. The number of halogens is 1. The van der Waals surface area contributed by atoms with Crippen molar-refractivity contribution in [2.24, 2.45) is 0 Å². The number of benzene rings is 2. The molecule has 1 aliphatic carbocycles. The highest BCUT2D eigenvalue weighted by atomic mass is 35.5. The Bertz CT molecular complexity index is 1690. The second-order valence-electron chi connectivity index (χ2n) is 12.3. The first-order valence-electron chi connectivity index (χ1n) is 17.3. The molecule has 1 saturated heterocycles. The number of rotatable bonds is 10. The number of aryl methyl sites for hydroxylation is 3. The van der Waals surface area contributed by atoms with Gasteiger partial charge in [0, 0.05) is 52.4 Å². The predicted molar refractivity (Wildman–Crippen MR) is 206 cm³/mol.